The van der Waals surface area contributed by atoms with Crippen molar-refractivity contribution in [3.63, 3.8) is 0 Å². The second kappa shape index (κ2) is 22.6. The molecule has 0 atom stereocenters. The molecule has 8 bridgehead atoms. The topological polar surface area (TPSA) is 225 Å². The van der Waals surface area contributed by atoms with Gasteiger partial charge in [-0.25, -0.2) is 9.97 Å². The first kappa shape index (κ1) is 51.4. The van der Waals surface area contributed by atoms with Gasteiger partial charge < -0.3 is 31.2 Å². The van der Waals surface area contributed by atoms with Gasteiger partial charge in [0.2, 0.25) is 0 Å². The van der Waals surface area contributed by atoms with Crippen LogP contribution in [-0.4, -0.2) is 63.5 Å². The molecule has 0 aliphatic carbocycles. The van der Waals surface area contributed by atoms with Crippen molar-refractivity contribution in [2.75, 3.05) is 21.3 Å². The van der Waals surface area contributed by atoms with E-state index < -0.39 is 23.6 Å². The lowest BCUT2D eigenvalue weighted by atomic mass is 10.0. The van der Waals surface area contributed by atoms with Gasteiger partial charge in [-0.3, -0.25) is 39.1 Å². The molecule has 4 amide bonds. The number of benzene rings is 4. The Morgan fingerprint density at radius 1 is 0.274 bits per heavy atom. The zero-order valence-electron chi connectivity index (χ0n) is 44.4. The molecule has 16 heteroatoms. The summed E-state index contributed by atoms with van der Waals surface area (Å²) in [7, 11) is 0. The third kappa shape index (κ3) is 10.3. The van der Waals surface area contributed by atoms with Crippen molar-refractivity contribution in [3.8, 4) is 44.5 Å². The Kier molecular flexibility index (Phi) is 13.8. The fourth-order valence-electron chi connectivity index (χ4n) is 10.3. The minimum Gasteiger partial charge on any atom is -0.354 e. The number of pyridine rings is 4. The number of amides is 4. The first-order valence-corrected chi connectivity index (χ1v) is 26.7. The summed E-state index contributed by atoms with van der Waals surface area (Å²) in [5.41, 5.74) is 12.6. The number of anilines is 4. The Hall–Kier alpha value is -12.0. The average molecular weight is 1100 g/mol. The predicted molar refractivity (Wildman–Crippen MR) is 329 cm³/mol. The van der Waals surface area contributed by atoms with Gasteiger partial charge in [-0.15, -0.1) is 0 Å². The number of fused-ring (bicyclic) bond motifs is 8. The summed E-state index contributed by atoms with van der Waals surface area (Å²) >= 11 is 0. The maximum atomic E-state index is 14.0. The van der Waals surface area contributed by atoms with E-state index in [1.165, 1.54) is 0 Å². The van der Waals surface area contributed by atoms with Crippen LogP contribution in [0.4, 0.5) is 22.7 Å². The van der Waals surface area contributed by atoms with Crippen LogP contribution in [0.25, 0.3) is 90.9 Å². The van der Waals surface area contributed by atoms with Gasteiger partial charge in [0.25, 0.3) is 23.6 Å². The number of hydrogen-bond acceptors (Lipinski definition) is 10. The van der Waals surface area contributed by atoms with Gasteiger partial charge >= 0.3 is 0 Å². The predicted octanol–water partition coefficient (Wildman–Crippen LogP) is 13.9. The fraction of sp³-hybridized carbons (Fsp3) is 0. The van der Waals surface area contributed by atoms with Crippen molar-refractivity contribution >= 4 is 92.7 Å². The standard InChI is InChI=1S/C68H46N12O4/c81-65(57-25-9-13-37-69-57)77-45-21-5-1-17-41(45)61-49-29-31-51(73-49)62(42-18-2-6-22-46(42)78-66(82)58-26-10-14-38-70-58)53-33-35-55(75-53)64(44-20-4-8-24-48(44)80-68(84)60-28-12-16-40-72-60)56-36-34-54(76-56)63(52-32-30-50(61)74-52)43-19-3-7-23-47(43)79-67(83)59-27-11-15-39-71-59/h1-40,73,76H,(H,77,81)(H,78,82)(H,79,83)(H,80,84). The molecule has 402 valence electrons. The molecule has 0 saturated heterocycles. The summed E-state index contributed by atoms with van der Waals surface area (Å²) in [5, 5.41) is 12.5. The highest BCUT2D eigenvalue weighted by atomic mass is 16.2. The fourth-order valence-corrected chi connectivity index (χ4v) is 10.3. The lowest BCUT2D eigenvalue weighted by Gasteiger charge is -2.14. The molecule has 2 aliphatic rings. The van der Waals surface area contributed by atoms with Crippen LogP contribution in [0.1, 0.15) is 64.7 Å². The Morgan fingerprint density at radius 3 is 0.726 bits per heavy atom. The van der Waals surface area contributed by atoms with Crippen molar-refractivity contribution in [3.05, 3.63) is 264 Å². The number of aromatic amines is 2. The maximum absolute atomic E-state index is 14.0. The van der Waals surface area contributed by atoms with Crippen LogP contribution in [0, 0.1) is 0 Å². The third-order valence-electron chi connectivity index (χ3n) is 14.1. The van der Waals surface area contributed by atoms with Gasteiger partial charge in [0.15, 0.2) is 0 Å². The molecule has 16 nitrogen and oxygen atoms in total. The summed E-state index contributed by atoms with van der Waals surface area (Å²) in [6, 6.07) is 58.4. The Morgan fingerprint density at radius 2 is 0.500 bits per heavy atom. The van der Waals surface area contributed by atoms with Crippen molar-refractivity contribution in [2.45, 2.75) is 0 Å². The van der Waals surface area contributed by atoms with E-state index in [-0.39, 0.29) is 22.8 Å². The van der Waals surface area contributed by atoms with Gasteiger partial charge in [0.05, 0.1) is 22.8 Å². The summed E-state index contributed by atoms with van der Waals surface area (Å²) in [6.07, 6.45) is 14.0. The Labute approximate surface area is 479 Å². The summed E-state index contributed by atoms with van der Waals surface area (Å²) in [5.74, 6) is -1.63. The summed E-state index contributed by atoms with van der Waals surface area (Å²) in [4.78, 5) is 91.8. The number of carbonyl (C=O) groups excluding carboxylic acids is 4. The van der Waals surface area contributed by atoms with Crippen LogP contribution >= 0.6 is 0 Å². The normalized spacial score (nSPS) is 11.4. The molecule has 0 spiro atoms. The number of H-pyrrole nitrogens is 2. The van der Waals surface area contributed by atoms with E-state index in [1.807, 2.05) is 146 Å². The maximum Gasteiger partial charge on any atom is 0.274 e. The molecule has 13 rings (SSSR count). The van der Waals surface area contributed by atoms with Crippen molar-refractivity contribution in [2.24, 2.45) is 0 Å². The quantitative estimate of drug-likeness (QED) is 0.0678. The van der Waals surface area contributed by atoms with Gasteiger partial charge in [-0.2, -0.15) is 0 Å². The minimum atomic E-state index is -0.407. The molecule has 6 N–H and O–H groups in total. The molecular formula is C68H46N12O4. The molecule has 0 fully saturated rings. The summed E-state index contributed by atoms with van der Waals surface area (Å²) < 4.78 is 0. The lowest BCUT2D eigenvalue weighted by molar-refractivity contribution is 0.101. The largest absolute Gasteiger partial charge is 0.354 e. The number of nitrogens with zero attached hydrogens (tertiary/aromatic N) is 6. The molecule has 2 aliphatic heterocycles. The van der Waals surface area contributed by atoms with Crippen LogP contribution < -0.4 is 21.3 Å². The third-order valence-corrected chi connectivity index (χ3v) is 14.1. The van der Waals surface area contributed by atoms with Crippen LogP contribution in [-0.2, 0) is 0 Å². The molecule has 4 aromatic carbocycles. The van der Waals surface area contributed by atoms with E-state index in [4.69, 9.17) is 9.97 Å². The molecule has 0 radical (unpaired) electrons. The Balaban J connectivity index is 1.12. The average Bonchev–Trinajstić information content (AvgIpc) is 3.33. The van der Waals surface area contributed by atoms with Gasteiger partial charge in [0, 0.05) is 114 Å². The molecule has 84 heavy (non-hydrogen) atoms. The monoisotopic (exact) mass is 1090 g/mol. The zero-order valence-corrected chi connectivity index (χ0v) is 44.4. The number of rotatable bonds is 12. The molecule has 0 saturated carbocycles. The van der Waals surface area contributed by atoms with E-state index in [0.717, 1.165) is 0 Å². The van der Waals surface area contributed by atoms with Crippen LogP contribution in [0.15, 0.2) is 219 Å². The van der Waals surface area contributed by atoms with Crippen molar-refractivity contribution < 1.29 is 19.2 Å². The molecule has 7 aromatic heterocycles. The van der Waals surface area contributed by atoms with Gasteiger partial charge in [-0.05, 0) is 121 Å². The van der Waals surface area contributed by atoms with Crippen LogP contribution in [0.2, 0.25) is 0 Å². The van der Waals surface area contributed by atoms with E-state index in [1.54, 1.807) is 97.6 Å². The Bertz CT molecular complexity index is 4060. The first-order valence-electron chi connectivity index (χ1n) is 26.7. The highest BCUT2D eigenvalue weighted by molar-refractivity contribution is 6.11. The second-order valence-electron chi connectivity index (χ2n) is 19.4. The van der Waals surface area contributed by atoms with E-state index in [2.05, 4.69) is 51.2 Å². The van der Waals surface area contributed by atoms with Crippen molar-refractivity contribution in [1.29, 1.82) is 0 Å². The summed E-state index contributed by atoms with van der Waals surface area (Å²) in [6.45, 7) is 0. The van der Waals surface area contributed by atoms with Gasteiger partial charge in [-0.1, -0.05) is 97.1 Å². The number of nitrogens with one attached hydrogen (secondary N) is 6. The second-order valence-corrected chi connectivity index (χ2v) is 19.4. The highest BCUT2D eigenvalue weighted by Crippen LogP contribution is 2.43. The minimum absolute atomic E-state index is 0.234. The van der Waals surface area contributed by atoms with E-state index in [9.17, 15) is 19.2 Å². The van der Waals surface area contributed by atoms with E-state index in [0.29, 0.717) is 112 Å². The van der Waals surface area contributed by atoms with Crippen LogP contribution in [0.5, 0.6) is 0 Å². The van der Waals surface area contributed by atoms with Gasteiger partial charge in [0.1, 0.15) is 22.8 Å². The molecule has 11 aromatic rings. The smallest absolute Gasteiger partial charge is 0.274 e. The lowest BCUT2D eigenvalue weighted by Crippen LogP contribution is -2.14. The number of hydrogen-bond donors (Lipinski definition) is 6. The molecule has 9 heterocycles. The van der Waals surface area contributed by atoms with Crippen LogP contribution in [0.3, 0.4) is 0 Å². The SMILES string of the molecule is O=C(Nc1ccccc1-c1c2nc(c(-c3ccccc3NC(=O)c3ccccn3)c3ccc([nH]3)c(-c3ccccc3NC(=O)c3ccccn3)c3nc(c(-c4ccccc4NC(=O)c4ccccn4)c4ccc1[nH]4)C=C3)C=C2)c1ccccn1. The highest BCUT2D eigenvalue weighted by Gasteiger charge is 2.25. The van der Waals surface area contributed by atoms with Crippen molar-refractivity contribution in [1.82, 2.24) is 39.9 Å². The number of para-hydroxylation sites is 4. The molecule has 0 unspecified atom stereocenters. The van der Waals surface area contributed by atoms with E-state index >= 15 is 0 Å². The first-order chi connectivity index (χ1) is 41.3. The number of carbonyl (C=O) groups is 4. The zero-order chi connectivity index (χ0) is 56.9. The molecular weight excluding hydrogens is 1050 g/mol. The number of aromatic nitrogens is 8.